The summed E-state index contributed by atoms with van der Waals surface area (Å²) in [5.41, 5.74) is 5.70. The van der Waals surface area contributed by atoms with E-state index in [2.05, 4.69) is 6.07 Å². The monoisotopic (exact) mass is 524 g/mol. The highest BCUT2D eigenvalue weighted by Gasteiger charge is 2.42. The van der Waals surface area contributed by atoms with Crippen molar-refractivity contribution in [3.8, 4) is 22.6 Å². The SMILES string of the molecule is CCOC(=O)CC1(c2ccc(OCc3cccc(-c4c(C)cc(OC(CF)CF)cc4C)c3)cc2)COC1. The lowest BCUT2D eigenvalue weighted by Crippen LogP contribution is -2.48. The topological polar surface area (TPSA) is 54.0 Å². The van der Waals surface area contributed by atoms with Gasteiger partial charge in [0.05, 0.1) is 31.7 Å². The summed E-state index contributed by atoms with van der Waals surface area (Å²) in [6.45, 7) is 5.73. The summed E-state index contributed by atoms with van der Waals surface area (Å²) < 4.78 is 47.9. The lowest BCUT2D eigenvalue weighted by Gasteiger charge is -2.41. The first-order valence-corrected chi connectivity index (χ1v) is 12.8. The van der Waals surface area contributed by atoms with Gasteiger partial charge in [0.25, 0.3) is 0 Å². The van der Waals surface area contributed by atoms with Crippen molar-refractivity contribution in [1.29, 1.82) is 0 Å². The highest BCUT2D eigenvalue weighted by molar-refractivity contribution is 5.73. The Bertz CT molecular complexity index is 1210. The van der Waals surface area contributed by atoms with E-state index in [-0.39, 0.29) is 11.4 Å². The van der Waals surface area contributed by atoms with Gasteiger partial charge in [0, 0.05) is 0 Å². The van der Waals surface area contributed by atoms with Gasteiger partial charge in [0.2, 0.25) is 0 Å². The molecule has 0 unspecified atom stereocenters. The highest BCUT2D eigenvalue weighted by atomic mass is 19.1. The zero-order valence-electron chi connectivity index (χ0n) is 22.1. The third-order valence-electron chi connectivity index (χ3n) is 6.79. The molecule has 1 heterocycles. The first-order valence-electron chi connectivity index (χ1n) is 12.8. The number of benzene rings is 3. The van der Waals surface area contributed by atoms with Gasteiger partial charge in [-0.2, -0.15) is 0 Å². The van der Waals surface area contributed by atoms with E-state index in [0.29, 0.717) is 38.6 Å². The van der Waals surface area contributed by atoms with Gasteiger partial charge in [-0.3, -0.25) is 4.79 Å². The fourth-order valence-electron chi connectivity index (χ4n) is 4.84. The van der Waals surface area contributed by atoms with Crippen molar-refractivity contribution in [2.45, 2.75) is 45.3 Å². The standard InChI is InChI=1S/C31H34F2O5/c1-4-36-29(34)15-31(19-35-20-31)25-8-10-26(11-9-25)37-18-23-6-5-7-24(14-23)30-21(2)12-27(13-22(30)3)38-28(16-32)17-33/h5-14,28H,4,15-20H2,1-3H3. The van der Waals surface area contributed by atoms with E-state index in [9.17, 15) is 13.6 Å². The summed E-state index contributed by atoms with van der Waals surface area (Å²) in [5.74, 6) is 0.978. The second kappa shape index (κ2) is 12.4. The molecule has 0 aliphatic carbocycles. The smallest absolute Gasteiger partial charge is 0.306 e. The van der Waals surface area contributed by atoms with Gasteiger partial charge < -0.3 is 18.9 Å². The minimum Gasteiger partial charge on any atom is -0.489 e. The minimum atomic E-state index is -1.08. The number of carbonyl (C=O) groups is 1. The van der Waals surface area contributed by atoms with Crippen molar-refractivity contribution < 1.29 is 32.5 Å². The Balaban J connectivity index is 1.43. The van der Waals surface area contributed by atoms with E-state index >= 15 is 0 Å². The molecule has 7 heteroatoms. The van der Waals surface area contributed by atoms with Crippen LogP contribution < -0.4 is 9.47 Å². The van der Waals surface area contributed by atoms with Crippen LogP contribution in [-0.2, 0) is 26.3 Å². The number of halogens is 2. The van der Waals surface area contributed by atoms with Gasteiger partial charge >= 0.3 is 5.97 Å². The van der Waals surface area contributed by atoms with Crippen molar-refractivity contribution in [2.24, 2.45) is 0 Å². The van der Waals surface area contributed by atoms with Gasteiger partial charge in [-0.25, -0.2) is 8.78 Å². The van der Waals surface area contributed by atoms with E-state index in [0.717, 1.165) is 39.1 Å². The van der Waals surface area contributed by atoms with Crippen LogP contribution in [0.2, 0.25) is 0 Å². The van der Waals surface area contributed by atoms with E-state index < -0.39 is 19.5 Å². The molecular formula is C31H34F2O5. The summed E-state index contributed by atoms with van der Waals surface area (Å²) in [6, 6.07) is 19.5. The molecule has 0 aromatic heterocycles. The minimum absolute atomic E-state index is 0.215. The molecule has 0 spiro atoms. The number of rotatable bonds is 12. The predicted octanol–water partition coefficient (Wildman–Crippen LogP) is 6.46. The van der Waals surface area contributed by atoms with E-state index in [1.807, 2.05) is 68.4 Å². The van der Waals surface area contributed by atoms with Gasteiger partial charge in [0.15, 0.2) is 6.10 Å². The Morgan fingerprint density at radius 2 is 1.66 bits per heavy atom. The van der Waals surface area contributed by atoms with Crippen LogP contribution in [0.25, 0.3) is 11.1 Å². The lowest BCUT2D eigenvalue weighted by molar-refractivity contribution is -0.151. The van der Waals surface area contributed by atoms with Crippen molar-refractivity contribution >= 4 is 5.97 Å². The Morgan fingerprint density at radius 3 is 2.24 bits per heavy atom. The molecule has 202 valence electrons. The third-order valence-corrected chi connectivity index (χ3v) is 6.79. The van der Waals surface area contributed by atoms with Crippen LogP contribution in [0.3, 0.4) is 0 Å². The van der Waals surface area contributed by atoms with Crippen molar-refractivity contribution in [2.75, 3.05) is 33.2 Å². The van der Waals surface area contributed by atoms with E-state index in [1.54, 1.807) is 6.92 Å². The Labute approximate surface area is 222 Å². The molecule has 4 rings (SSSR count). The molecule has 0 amide bonds. The first kappa shape index (κ1) is 27.6. The summed E-state index contributed by atoms with van der Waals surface area (Å²) in [4.78, 5) is 12.1. The van der Waals surface area contributed by atoms with Crippen LogP contribution in [0.1, 0.15) is 35.6 Å². The summed E-state index contributed by atoms with van der Waals surface area (Å²) in [7, 11) is 0. The van der Waals surface area contributed by atoms with E-state index in [4.69, 9.17) is 18.9 Å². The third kappa shape index (κ3) is 6.33. The molecule has 0 radical (unpaired) electrons. The molecule has 1 aliphatic heterocycles. The number of esters is 1. The Kier molecular flexibility index (Phi) is 9.00. The average Bonchev–Trinajstić information content (AvgIpc) is 2.88. The number of aryl methyl sites for hydroxylation is 2. The molecule has 5 nitrogen and oxygen atoms in total. The van der Waals surface area contributed by atoms with Crippen molar-refractivity contribution in [3.05, 3.63) is 82.9 Å². The maximum atomic E-state index is 12.9. The highest BCUT2D eigenvalue weighted by Crippen LogP contribution is 2.37. The number of ether oxygens (including phenoxy) is 4. The Hall–Kier alpha value is -3.45. The maximum Gasteiger partial charge on any atom is 0.306 e. The molecule has 38 heavy (non-hydrogen) atoms. The summed E-state index contributed by atoms with van der Waals surface area (Å²) in [6.07, 6.45) is -0.786. The largest absolute Gasteiger partial charge is 0.489 e. The molecule has 3 aromatic rings. The van der Waals surface area contributed by atoms with Crippen LogP contribution in [0, 0.1) is 13.8 Å². The molecular weight excluding hydrogens is 490 g/mol. The molecule has 3 aromatic carbocycles. The zero-order chi connectivity index (χ0) is 27.1. The van der Waals surface area contributed by atoms with E-state index in [1.165, 1.54) is 0 Å². The Morgan fingerprint density at radius 1 is 0.974 bits per heavy atom. The maximum absolute atomic E-state index is 12.9. The van der Waals surface area contributed by atoms with Crippen LogP contribution in [0.5, 0.6) is 11.5 Å². The number of carbonyl (C=O) groups excluding carboxylic acids is 1. The van der Waals surface area contributed by atoms with Crippen molar-refractivity contribution in [1.82, 2.24) is 0 Å². The fourth-order valence-corrected chi connectivity index (χ4v) is 4.84. The second-order valence-corrected chi connectivity index (χ2v) is 9.75. The lowest BCUT2D eigenvalue weighted by atomic mass is 9.76. The molecule has 0 saturated carbocycles. The molecule has 1 fully saturated rings. The second-order valence-electron chi connectivity index (χ2n) is 9.75. The van der Waals surface area contributed by atoms with Gasteiger partial charge in [-0.15, -0.1) is 0 Å². The normalized spacial score (nSPS) is 14.2. The number of hydrogen-bond acceptors (Lipinski definition) is 5. The fraction of sp³-hybridized carbons (Fsp3) is 0.387. The average molecular weight is 525 g/mol. The number of alkyl halides is 2. The van der Waals surface area contributed by atoms with Crippen LogP contribution in [0.15, 0.2) is 60.7 Å². The van der Waals surface area contributed by atoms with Crippen molar-refractivity contribution in [3.63, 3.8) is 0 Å². The van der Waals surface area contributed by atoms with Gasteiger partial charge in [-0.05, 0) is 84.5 Å². The molecule has 1 saturated heterocycles. The number of hydrogen-bond donors (Lipinski definition) is 0. The first-order chi connectivity index (χ1) is 18.4. The molecule has 0 bridgehead atoms. The van der Waals surface area contributed by atoms with Gasteiger partial charge in [0.1, 0.15) is 31.5 Å². The molecule has 1 aliphatic rings. The quantitative estimate of drug-likeness (QED) is 0.255. The van der Waals surface area contributed by atoms with Crippen LogP contribution in [0.4, 0.5) is 8.78 Å². The van der Waals surface area contributed by atoms with Crippen LogP contribution in [-0.4, -0.2) is 45.2 Å². The van der Waals surface area contributed by atoms with Crippen LogP contribution >= 0.6 is 0 Å². The molecule has 0 atom stereocenters. The molecule has 0 N–H and O–H groups in total. The van der Waals surface area contributed by atoms with Gasteiger partial charge in [-0.1, -0.05) is 30.3 Å². The summed E-state index contributed by atoms with van der Waals surface area (Å²) in [5, 5.41) is 0. The zero-order valence-corrected chi connectivity index (χ0v) is 22.1. The predicted molar refractivity (Wildman–Crippen MR) is 142 cm³/mol. The summed E-state index contributed by atoms with van der Waals surface area (Å²) >= 11 is 0.